The predicted molar refractivity (Wildman–Crippen MR) is 119 cm³/mol. The first-order valence-electron chi connectivity index (χ1n) is 9.58. The summed E-state index contributed by atoms with van der Waals surface area (Å²) in [5, 5.41) is 0.721. The summed E-state index contributed by atoms with van der Waals surface area (Å²) in [7, 11) is 0. The van der Waals surface area contributed by atoms with E-state index in [9.17, 15) is 4.79 Å². The fraction of sp³-hybridized carbons (Fsp3) is 0.167. The monoisotopic (exact) mass is 402 g/mol. The van der Waals surface area contributed by atoms with E-state index in [0.717, 1.165) is 26.7 Å². The number of nitrogens with zero attached hydrogens (tertiary/aromatic N) is 2. The van der Waals surface area contributed by atoms with Crippen LogP contribution in [0, 0.1) is 6.92 Å². The summed E-state index contributed by atoms with van der Waals surface area (Å²) in [5.74, 6) is 0.769. The number of amides is 1. The van der Waals surface area contributed by atoms with Gasteiger partial charge in [0.2, 0.25) is 5.91 Å². The molecular formula is C24H22N2O2S. The highest BCUT2D eigenvalue weighted by molar-refractivity contribution is 7.22. The number of carbonyl (C=O) groups excluding carboxylic acids is 1. The van der Waals surface area contributed by atoms with E-state index in [-0.39, 0.29) is 12.3 Å². The molecule has 0 radical (unpaired) electrons. The summed E-state index contributed by atoms with van der Waals surface area (Å²) >= 11 is 1.55. The first-order valence-corrected chi connectivity index (χ1v) is 10.4. The molecule has 4 rings (SSSR count). The Balaban J connectivity index is 1.54. The smallest absolute Gasteiger partial charge is 0.232 e. The van der Waals surface area contributed by atoms with E-state index in [1.165, 1.54) is 5.56 Å². The molecule has 0 aliphatic heterocycles. The molecule has 0 saturated carbocycles. The van der Waals surface area contributed by atoms with Crippen LogP contribution in [0.2, 0.25) is 0 Å². The summed E-state index contributed by atoms with van der Waals surface area (Å²) in [5.41, 5.74) is 3.17. The van der Waals surface area contributed by atoms with Crippen LogP contribution in [0.3, 0.4) is 0 Å². The first-order chi connectivity index (χ1) is 14.2. The van der Waals surface area contributed by atoms with Gasteiger partial charge in [-0.3, -0.25) is 9.69 Å². The molecule has 146 valence electrons. The minimum absolute atomic E-state index is 0.000521. The number of fused-ring (bicyclic) bond motifs is 1. The maximum Gasteiger partial charge on any atom is 0.232 e. The second-order valence-electron chi connectivity index (χ2n) is 6.84. The second kappa shape index (κ2) is 8.88. The molecule has 0 aliphatic carbocycles. The maximum atomic E-state index is 13.1. The molecule has 0 atom stereocenters. The van der Waals surface area contributed by atoms with Crippen molar-refractivity contribution in [1.82, 2.24) is 4.98 Å². The van der Waals surface area contributed by atoms with E-state index < -0.39 is 0 Å². The third kappa shape index (κ3) is 4.81. The molecule has 0 unspecified atom stereocenters. The Morgan fingerprint density at radius 3 is 2.48 bits per heavy atom. The number of carbonyl (C=O) groups is 1. The van der Waals surface area contributed by atoms with Gasteiger partial charge < -0.3 is 4.74 Å². The molecule has 4 nitrogen and oxygen atoms in total. The van der Waals surface area contributed by atoms with Crippen LogP contribution in [0.1, 0.15) is 17.5 Å². The average molecular weight is 403 g/mol. The second-order valence-corrected chi connectivity index (χ2v) is 7.85. The zero-order chi connectivity index (χ0) is 20.1. The molecule has 1 amide bonds. The highest BCUT2D eigenvalue weighted by atomic mass is 32.1. The van der Waals surface area contributed by atoms with Crippen LogP contribution in [0.15, 0.2) is 78.9 Å². The van der Waals surface area contributed by atoms with E-state index in [1.54, 1.807) is 16.2 Å². The molecule has 4 aromatic rings. The standard InChI is InChI=1S/C24H22N2O2S/c1-18-12-13-21-22(16-18)29-24(25-21)26(17-19-8-4-2-5-9-19)23(27)14-15-28-20-10-6-3-7-11-20/h2-13,16H,14-15,17H2,1H3. The van der Waals surface area contributed by atoms with Crippen molar-refractivity contribution in [2.75, 3.05) is 11.5 Å². The van der Waals surface area contributed by atoms with Gasteiger partial charge >= 0.3 is 0 Å². The lowest BCUT2D eigenvalue weighted by Crippen LogP contribution is -2.31. The molecule has 0 bridgehead atoms. The lowest BCUT2D eigenvalue weighted by atomic mass is 10.2. The molecule has 0 aliphatic rings. The van der Waals surface area contributed by atoms with E-state index in [0.29, 0.717) is 13.2 Å². The summed E-state index contributed by atoms with van der Waals surface area (Å²) in [4.78, 5) is 19.6. The van der Waals surface area contributed by atoms with Crippen LogP contribution in [-0.2, 0) is 11.3 Å². The van der Waals surface area contributed by atoms with E-state index >= 15 is 0 Å². The van der Waals surface area contributed by atoms with Gasteiger partial charge in [-0.15, -0.1) is 0 Å². The Labute approximate surface area is 174 Å². The third-order valence-electron chi connectivity index (χ3n) is 4.58. The lowest BCUT2D eigenvalue weighted by Gasteiger charge is -2.20. The number of hydrogen-bond acceptors (Lipinski definition) is 4. The number of aryl methyl sites for hydroxylation is 1. The molecule has 3 aromatic carbocycles. The predicted octanol–water partition coefficient (Wildman–Crippen LogP) is 5.61. The van der Waals surface area contributed by atoms with Crippen LogP contribution in [0.5, 0.6) is 5.75 Å². The molecule has 29 heavy (non-hydrogen) atoms. The van der Waals surface area contributed by atoms with Gasteiger partial charge in [0.25, 0.3) is 0 Å². The van der Waals surface area contributed by atoms with Crippen molar-refractivity contribution >= 4 is 32.6 Å². The SMILES string of the molecule is Cc1ccc2nc(N(Cc3ccccc3)C(=O)CCOc3ccccc3)sc2c1. The Bertz CT molecular complexity index is 1090. The molecule has 1 heterocycles. The summed E-state index contributed by atoms with van der Waals surface area (Å²) < 4.78 is 6.81. The number of hydrogen-bond donors (Lipinski definition) is 0. The zero-order valence-corrected chi connectivity index (χ0v) is 17.1. The van der Waals surface area contributed by atoms with Crippen LogP contribution in [0.4, 0.5) is 5.13 Å². The molecule has 0 fully saturated rings. The van der Waals surface area contributed by atoms with Crippen molar-refractivity contribution in [3.05, 3.63) is 90.0 Å². The van der Waals surface area contributed by atoms with E-state index in [1.807, 2.05) is 72.8 Å². The molecular weight excluding hydrogens is 380 g/mol. The van der Waals surface area contributed by atoms with Crippen molar-refractivity contribution < 1.29 is 9.53 Å². The van der Waals surface area contributed by atoms with Crippen LogP contribution in [0.25, 0.3) is 10.2 Å². The Morgan fingerprint density at radius 1 is 1.00 bits per heavy atom. The molecule has 1 aromatic heterocycles. The van der Waals surface area contributed by atoms with Gasteiger partial charge in [0.05, 0.1) is 29.8 Å². The maximum absolute atomic E-state index is 13.1. The van der Waals surface area contributed by atoms with Crippen LogP contribution < -0.4 is 9.64 Å². The third-order valence-corrected chi connectivity index (χ3v) is 5.62. The van der Waals surface area contributed by atoms with Gasteiger partial charge in [-0.05, 0) is 42.3 Å². The van der Waals surface area contributed by atoms with Gasteiger partial charge in [0.1, 0.15) is 5.75 Å². The fourth-order valence-electron chi connectivity index (χ4n) is 3.07. The van der Waals surface area contributed by atoms with Crippen molar-refractivity contribution in [3.63, 3.8) is 0 Å². The minimum Gasteiger partial charge on any atom is -0.493 e. The number of para-hydroxylation sites is 1. The van der Waals surface area contributed by atoms with Gasteiger partial charge in [0, 0.05) is 0 Å². The van der Waals surface area contributed by atoms with Gasteiger partial charge in [-0.1, -0.05) is 65.9 Å². The number of ether oxygens (including phenoxy) is 1. The molecule has 5 heteroatoms. The zero-order valence-electron chi connectivity index (χ0n) is 16.2. The van der Waals surface area contributed by atoms with Crippen molar-refractivity contribution in [1.29, 1.82) is 0 Å². The number of aromatic nitrogens is 1. The van der Waals surface area contributed by atoms with Gasteiger partial charge in [-0.2, -0.15) is 0 Å². The topological polar surface area (TPSA) is 42.4 Å². The first kappa shape index (κ1) is 19.2. The average Bonchev–Trinajstić information content (AvgIpc) is 3.16. The van der Waals surface area contributed by atoms with Crippen LogP contribution in [-0.4, -0.2) is 17.5 Å². The number of anilines is 1. The van der Waals surface area contributed by atoms with Crippen LogP contribution >= 0.6 is 11.3 Å². The Morgan fingerprint density at radius 2 is 1.72 bits per heavy atom. The van der Waals surface area contributed by atoms with Crippen molar-refractivity contribution in [3.8, 4) is 5.75 Å². The molecule has 0 spiro atoms. The molecule has 0 N–H and O–H groups in total. The number of benzene rings is 3. The largest absolute Gasteiger partial charge is 0.493 e. The number of rotatable bonds is 7. The highest BCUT2D eigenvalue weighted by Crippen LogP contribution is 2.31. The van der Waals surface area contributed by atoms with E-state index in [2.05, 4.69) is 13.0 Å². The van der Waals surface area contributed by atoms with Crippen molar-refractivity contribution in [2.24, 2.45) is 0 Å². The molecule has 0 saturated heterocycles. The fourth-order valence-corrected chi connectivity index (χ4v) is 4.15. The Kier molecular flexibility index (Phi) is 5.86. The summed E-state index contributed by atoms with van der Waals surface area (Å²) in [6, 6.07) is 25.7. The Hall–Kier alpha value is -3.18. The minimum atomic E-state index is 0.000521. The van der Waals surface area contributed by atoms with Gasteiger partial charge in [-0.25, -0.2) is 4.98 Å². The summed E-state index contributed by atoms with van der Waals surface area (Å²) in [6.45, 7) is 2.88. The lowest BCUT2D eigenvalue weighted by molar-refractivity contribution is -0.119. The highest BCUT2D eigenvalue weighted by Gasteiger charge is 2.20. The van der Waals surface area contributed by atoms with E-state index in [4.69, 9.17) is 9.72 Å². The normalized spacial score (nSPS) is 10.8. The summed E-state index contributed by atoms with van der Waals surface area (Å²) in [6.07, 6.45) is 0.288. The van der Waals surface area contributed by atoms with Gasteiger partial charge in [0.15, 0.2) is 5.13 Å². The number of thiazole rings is 1. The quantitative estimate of drug-likeness (QED) is 0.404. The van der Waals surface area contributed by atoms with Crippen molar-refractivity contribution in [2.45, 2.75) is 19.9 Å².